The van der Waals surface area contributed by atoms with Crippen LogP contribution >= 0.6 is 0 Å². The molecule has 0 bridgehead atoms. The molecule has 11 rings (SSSR count). The third kappa shape index (κ3) is 5.11. The van der Waals surface area contributed by atoms with E-state index in [0.717, 1.165) is 66.6 Å². The second-order valence-electron chi connectivity index (χ2n) is 14.5. The fourth-order valence-electron chi connectivity index (χ4n) is 8.69. The summed E-state index contributed by atoms with van der Waals surface area (Å²) in [7, 11) is 0. The summed E-state index contributed by atoms with van der Waals surface area (Å²) in [6.45, 7) is 2.17. The van der Waals surface area contributed by atoms with Crippen LogP contribution < -0.4 is 0 Å². The van der Waals surface area contributed by atoms with Gasteiger partial charge in [0.1, 0.15) is 0 Å². The van der Waals surface area contributed by atoms with E-state index < -0.39 is 0 Å². The molecule has 0 amide bonds. The van der Waals surface area contributed by atoms with E-state index in [1.54, 1.807) is 6.08 Å². The van der Waals surface area contributed by atoms with Crippen LogP contribution in [0.5, 0.6) is 0 Å². The third-order valence-corrected chi connectivity index (χ3v) is 11.2. The molecule has 0 unspecified atom stereocenters. The van der Waals surface area contributed by atoms with Gasteiger partial charge in [-0.15, -0.1) is 6.42 Å². The summed E-state index contributed by atoms with van der Waals surface area (Å²) < 4.78 is 6.91. The fraction of sp³-hybridized carbons (Fsp3) is 0.0192. The quantitative estimate of drug-likeness (QED) is 0.159. The highest BCUT2D eigenvalue weighted by molar-refractivity contribution is 6.20. The zero-order valence-corrected chi connectivity index (χ0v) is 31.6. The van der Waals surface area contributed by atoms with Gasteiger partial charge in [0.05, 0.1) is 33.3 Å². The van der Waals surface area contributed by atoms with Crippen LogP contribution in [-0.2, 0) is 0 Å². The second-order valence-corrected chi connectivity index (χ2v) is 14.5. The molecule has 0 fully saturated rings. The maximum absolute atomic E-state index is 5.88. The van der Waals surface area contributed by atoms with Crippen LogP contribution in [0.1, 0.15) is 11.3 Å². The number of aromatic nitrogens is 6. The number of hydrogen-bond donors (Lipinski definition) is 0. The van der Waals surface area contributed by atoms with Crippen molar-refractivity contribution >= 4 is 60.6 Å². The summed E-state index contributed by atoms with van der Waals surface area (Å²) in [6.07, 6.45) is 9.62. The molecule has 4 heterocycles. The zero-order chi connectivity index (χ0) is 38.7. The van der Waals surface area contributed by atoms with Crippen molar-refractivity contribution in [2.24, 2.45) is 0 Å². The van der Waals surface area contributed by atoms with Crippen LogP contribution in [0.25, 0.3) is 101 Å². The van der Waals surface area contributed by atoms with Crippen molar-refractivity contribution in [3.8, 4) is 52.4 Å². The van der Waals surface area contributed by atoms with Crippen LogP contribution in [0.4, 0.5) is 0 Å². The van der Waals surface area contributed by atoms with Gasteiger partial charge in [-0.05, 0) is 73.2 Å². The molecule has 11 aromatic rings. The van der Waals surface area contributed by atoms with Crippen molar-refractivity contribution in [1.82, 2.24) is 28.7 Å². The van der Waals surface area contributed by atoms with E-state index in [2.05, 4.69) is 136 Å². The van der Waals surface area contributed by atoms with Crippen molar-refractivity contribution in [2.75, 3.05) is 0 Å². The minimum atomic E-state index is 0.514. The highest BCUT2D eigenvalue weighted by Gasteiger charge is 2.24. The Morgan fingerprint density at radius 1 is 0.483 bits per heavy atom. The Labute approximate surface area is 334 Å². The molecule has 58 heavy (non-hydrogen) atoms. The van der Waals surface area contributed by atoms with Gasteiger partial charge in [-0.2, -0.15) is 9.97 Å². The molecule has 6 nitrogen and oxygen atoms in total. The molecule has 0 radical (unpaired) electrons. The molecule has 272 valence electrons. The standard InChI is InChI=1S/C52H34N6/c1-3-4-26-43-34(2)48-47(58(43)52-54-50(35-18-8-5-9-19-35)53-51(55-52)36-20-10-6-11-21-36)32-30-41-39-24-14-17-28-45(39)57(49(41)48)38-29-31-46-42(33-38)40-25-15-16-27-44(40)56(46)37-22-12-7-13-23-37/h1,4-33H,2H3/b26-4-. The first-order valence-corrected chi connectivity index (χ1v) is 19.3. The van der Waals surface area contributed by atoms with Gasteiger partial charge in [-0.3, -0.25) is 4.57 Å². The molecular formula is C52H34N6. The number of hydrogen-bond acceptors (Lipinski definition) is 3. The fourth-order valence-corrected chi connectivity index (χ4v) is 8.69. The maximum Gasteiger partial charge on any atom is 0.238 e. The van der Waals surface area contributed by atoms with E-state index in [0.29, 0.717) is 17.6 Å². The number of para-hydroxylation sites is 3. The summed E-state index contributed by atoms with van der Waals surface area (Å²) in [5, 5.41) is 5.83. The minimum Gasteiger partial charge on any atom is -0.309 e. The molecule has 0 aliphatic carbocycles. The van der Waals surface area contributed by atoms with E-state index in [1.807, 2.05) is 66.7 Å². The van der Waals surface area contributed by atoms with Crippen LogP contribution in [0, 0.1) is 19.3 Å². The van der Waals surface area contributed by atoms with Crippen LogP contribution in [0.15, 0.2) is 176 Å². The van der Waals surface area contributed by atoms with Crippen molar-refractivity contribution < 1.29 is 0 Å². The molecule has 7 aromatic carbocycles. The molecule has 0 atom stereocenters. The van der Waals surface area contributed by atoms with E-state index in [-0.39, 0.29) is 0 Å². The molecule has 0 saturated carbocycles. The number of allylic oxidation sites excluding steroid dienone is 1. The Bertz CT molecular complexity index is 3400. The highest BCUT2D eigenvalue weighted by Crippen LogP contribution is 2.42. The van der Waals surface area contributed by atoms with E-state index >= 15 is 0 Å². The Hall–Kier alpha value is -8.01. The number of aryl methyl sites for hydroxylation is 1. The summed E-state index contributed by atoms with van der Waals surface area (Å²) >= 11 is 0. The predicted octanol–water partition coefficient (Wildman–Crippen LogP) is 12.3. The topological polar surface area (TPSA) is 53.5 Å². The van der Waals surface area contributed by atoms with Gasteiger partial charge in [0.15, 0.2) is 11.6 Å². The SMILES string of the molecule is C#C/C=C\c1c(C)c2c(ccc3c4ccccc4n(-c4ccc5c(c4)c4ccccc4n5-c4ccccc4)c32)n1-c1nc(-c2ccccc2)nc(-c2ccccc2)n1. The number of nitrogens with zero attached hydrogens (tertiary/aromatic N) is 6. The largest absolute Gasteiger partial charge is 0.309 e. The Morgan fingerprint density at radius 2 is 1.03 bits per heavy atom. The molecule has 6 heteroatoms. The smallest absolute Gasteiger partial charge is 0.238 e. The van der Waals surface area contributed by atoms with Crippen molar-refractivity contribution in [1.29, 1.82) is 0 Å². The lowest BCUT2D eigenvalue weighted by Crippen LogP contribution is -2.08. The molecular weight excluding hydrogens is 709 g/mol. The lowest BCUT2D eigenvalue weighted by Gasteiger charge is -2.12. The normalized spacial score (nSPS) is 11.8. The lowest BCUT2D eigenvalue weighted by molar-refractivity contribution is 0.923. The first kappa shape index (κ1) is 33.3. The molecule has 0 N–H and O–H groups in total. The van der Waals surface area contributed by atoms with Crippen LogP contribution in [0.3, 0.4) is 0 Å². The summed E-state index contributed by atoms with van der Waals surface area (Å²) in [6, 6.07) is 59.3. The zero-order valence-electron chi connectivity index (χ0n) is 31.6. The molecule has 0 aliphatic heterocycles. The van der Waals surface area contributed by atoms with E-state index in [1.165, 1.54) is 21.7 Å². The summed E-state index contributed by atoms with van der Waals surface area (Å²) in [5.74, 6) is 4.42. The van der Waals surface area contributed by atoms with Gasteiger partial charge in [-0.25, -0.2) is 4.98 Å². The number of terminal acetylenes is 1. The Morgan fingerprint density at radius 3 is 1.69 bits per heavy atom. The van der Waals surface area contributed by atoms with Gasteiger partial charge < -0.3 is 9.13 Å². The Balaban J connectivity index is 1.23. The van der Waals surface area contributed by atoms with Crippen molar-refractivity contribution in [2.45, 2.75) is 6.92 Å². The van der Waals surface area contributed by atoms with E-state index in [9.17, 15) is 0 Å². The second kappa shape index (κ2) is 13.3. The molecule has 0 spiro atoms. The van der Waals surface area contributed by atoms with Gasteiger partial charge in [0.2, 0.25) is 5.95 Å². The average Bonchev–Trinajstić information content (AvgIpc) is 3.91. The predicted molar refractivity (Wildman–Crippen MR) is 239 cm³/mol. The highest BCUT2D eigenvalue weighted by atomic mass is 15.2. The van der Waals surface area contributed by atoms with Crippen molar-refractivity contribution in [3.05, 3.63) is 187 Å². The number of rotatable bonds is 6. The van der Waals surface area contributed by atoms with Gasteiger partial charge in [-0.1, -0.05) is 127 Å². The third-order valence-electron chi connectivity index (χ3n) is 11.2. The van der Waals surface area contributed by atoms with Crippen LogP contribution in [0.2, 0.25) is 0 Å². The van der Waals surface area contributed by atoms with Gasteiger partial charge in [0, 0.05) is 49.4 Å². The van der Waals surface area contributed by atoms with E-state index in [4.69, 9.17) is 21.4 Å². The number of fused-ring (bicyclic) bond motifs is 8. The first-order chi connectivity index (χ1) is 28.7. The lowest BCUT2D eigenvalue weighted by atomic mass is 10.1. The monoisotopic (exact) mass is 742 g/mol. The maximum atomic E-state index is 5.88. The molecule has 0 saturated heterocycles. The number of benzene rings is 7. The molecule has 0 aliphatic rings. The Kier molecular flexibility index (Phi) is 7.66. The first-order valence-electron chi connectivity index (χ1n) is 19.3. The molecule has 4 aromatic heterocycles. The van der Waals surface area contributed by atoms with Crippen molar-refractivity contribution in [3.63, 3.8) is 0 Å². The van der Waals surface area contributed by atoms with Gasteiger partial charge in [0.25, 0.3) is 0 Å². The van der Waals surface area contributed by atoms with Crippen LogP contribution in [-0.4, -0.2) is 28.7 Å². The average molecular weight is 743 g/mol. The van der Waals surface area contributed by atoms with Gasteiger partial charge >= 0.3 is 0 Å². The summed E-state index contributed by atoms with van der Waals surface area (Å²) in [5.41, 5.74) is 11.5. The minimum absolute atomic E-state index is 0.514. The summed E-state index contributed by atoms with van der Waals surface area (Å²) in [4.78, 5) is 15.3.